The number of carboxylic acid groups (broad SMARTS) is 2. The first-order valence-electron chi connectivity index (χ1n) is 14.8. The number of nitrogens with zero attached hydrogens (tertiary/aromatic N) is 2. The van der Waals surface area contributed by atoms with Crippen molar-refractivity contribution in [2.45, 2.75) is 119 Å². The third kappa shape index (κ3) is 6.17. The Labute approximate surface area is 237 Å². The fourth-order valence-electron chi connectivity index (χ4n) is 7.66. The van der Waals surface area contributed by atoms with Crippen molar-refractivity contribution in [2.24, 2.45) is 21.7 Å². The van der Waals surface area contributed by atoms with Gasteiger partial charge in [-0.2, -0.15) is 0 Å². The van der Waals surface area contributed by atoms with Crippen LogP contribution in [0.2, 0.25) is 19.6 Å². The van der Waals surface area contributed by atoms with Gasteiger partial charge in [0.1, 0.15) is 13.1 Å². The van der Waals surface area contributed by atoms with Crippen molar-refractivity contribution < 1.29 is 29.1 Å². The molecule has 0 amide bonds. The Morgan fingerprint density at radius 3 is 1.49 bits per heavy atom. The summed E-state index contributed by atoms with van der Waals surface area (Å²) in [5.74, 6) is -1.75. The van der Waals surface area contributed by atoms with Crippen molar-refractivity contribution in [3.8, 4) is 0 Å². The third-order valence-electron chi connectivity index (χ3n) is 11.2. The largest absolute Gasteiger partial charge is 0.632 e. The second kappa shape index (κ2) is 11.2. The summed E-state index contributed by atoms with van der Waals surface area (Å²) in [6.07, 6.45) is 5.23. The molecule has 2 saturated carbocycles. The molecule has 2 fully saturated rings. The summed E-state index contributed by atoms with van der Waals surface area (Å²) in [5.41, 5.74) is -1.26. The van der Waals surface area contributed by atoms with Gasteiger partial charge in [0.15, 0.2) is 0 Å². The van der Waals surface area contributed by atoms with Crippen LogP contribution in [0.15, 0.2) is 11.8 Å². The molecule has 8 nitrogen and oxygen atoms in total. The van der Waals surface area contributed by atoms with Crippen LogP contribution in [0.5, 0.6) is 0 Å². The van der Waals surface area contributed by atoms with Crippen molar-refractivity contribution in [3.63, 3.8) is 0 Å². The second-order valence-corrected chi connectivity index (χ2v) is 20.2. The topological polar surface area (TPSA) is 121 Å². The second-order valence-electron chi connectivity index (χ2n) is 15.2. The number of carbonyl (C=O) groups is 2. The maximum atomic E-state index is 14.9. The van der Waals surface area contributed by atoms with Crippen LogP contribution in [0.1, 0.15) is 87.0 Å². The molecule has 2 aliphatic carbocycles. The minimum atomic E-state index is -1.44. The molecule has 0 bridgehead atoms. The Morgan fingerprint density at radius 1 is 0.795 bits per heavy atom. The first-order chi connectivity index (χ1) is 17.5. The molecule has 0 heterocycles. The van der Waals surface area contributed by atoms with Gasteiger partial charge in [-0.1, -0.05) is 66.0 Å². The average molecular weight is 569 g/mol. The van der Waals surface area contributed by atoms with E-state index in [0.717, 1.165) is 0 Å². The summed E-state index contributed by atoms with van der Waals surface area (Å²) in [4.78, 5) is 24.6. The van der Waals surface area contributed by atoms with Gasteiger partial charge in [-0.05, 0) is 33.1 Å². The van der Waals surface area contributed by atoms with Crippen LogP contribution >= 0.6 is 0 Å². The lowest BCUT2D eigenvalue weighted by molar-refractivity contribution is -0.965. The molecule has 226 valence electrons. The van der Waals surface area contributed by atoms with E-state index in [1.54, 1.807) is 13.8 Å². The molecule has 2 rings (SSSR count). The molecule has 2 N–H and O–H groups in total. The lowest BCUT2D eigenvalue weighted by Gasteiger charge is -2.58. The molecule has 0 aromatic rings. The van der Waals surface area contributed by atoms with Crippen LogP contribution in [0, 0.1) is 32.1 Å². The fraction of sp³-hybridized carbons (Fsp3) is 0.867. The van der Waals surface area contributed by atoms with Gasteiger partial charge in [0.05, 0.1) is 44.1 Å². The lowest BCUT2D eigenvalue weighted by atomic mass is 9.67. The number of hydrogen-bond acceptors (Lipinski definition) is 4. The Kier molecular flexibility index (Phi) is 9.74. The summed E-state index contributed by atoms with van der Waals surface area (Å²) >= 11 is 0. The molecular formula is C30H56N2O6Si. The minimum Gasteiger partial charge on any atom is -0.632 e. The maximum absolute atomic E-state index is 14.9. The molecule has 6 unspecified atom stereocenters. The number of rotatable bonds is 13. The molecule has 0 aliphatic heterocycles. The molecule has 0 spiro atoms. The van der Waals surface area contributed by atoms with Crippen LogP contribution in [-0.4, -0.2) is 77.8 Å². The lowest BCUT2D eigenvalue weighted by Crippen LogP contribution is -2.65. The molecule has 2 aliphatic rings. The first kappa shape index (κ1) is 33.9. The van der Waals surface area contributed by atoms with E-state index >= 15 is 0 Å². The summed E-state index contributed by atoms with van der Waals surface area (Å²) in [5, 5.41) is 49.7. The van der Waals surface area contributed by atoms with Crippen molar-refractivity contribution in [1.29, 1.82) is 0 Å². The summed E-state index contributed by atoms with van der Waals surface area (Å²) in [6.45, 7) is 20.6. The Hall–Kier alpha value is -1.26. The van der Waals surface area contributed by atoms with E-state index in [1.807, 2.05) is 34.6 Å². The van der Waals surface area contributed by atoms with Gasteiger partial charge in [0, 0.05) is 30.1 Å². The number of aliphatic carboxylic acids is 2. The fourth-order valence-corrected chi connectivity index (χ4v) is 8.53. The molecule has 6 atom stereocenters. The van der Waals surface area contributed by atoms with Crippen LogP contribution < -0.4 is 0 Å². The van der Waals surface area contributed by atoms with Gasteiger partial charge in [-0.25, -0.2) is 0 Å². The van der Waals surface area contributed by atoms with E-state index in [0.29, 0.717) is 51.6 Å². The Morgan fingerprint density at radius 2 is 1.18 bits per heavy atom. The van der Waals surface area contributed by atoms with Crippen molar-refractivity contribution in [1.82, 2.24) is 0 Å². The highest BCUT2D eigenvalue weighted by atomic mass is 28.3. The molecule has 39 heavy (non-hydrogen) atoms. The predicted molar refractivity (Wildman–Crippen MR) is 159 cm³/mol. The van der Waals surface area contributed by atoms with E-state index in [-0.39, 0.29) is 13.1 Å². The summed E-state index contributed by atoms with van der Waals surface area (Å²) in [7, 11) is -1.44. The number of hydrogen-bond donors (Lipinski definition) is 2. The van der Waals surface area contributed by atoms with E-state index in [2.05, 4.69) is 31.4 Å². The van der Waals surface area contributed by atoms with E-state index in [1.165, 1.54) is 0 Å². The van der Waals surface area contributed by atoms with Crippen LogP contribution in [0.25, 0.3) is 0 Å². The standard InChI is InChI=1S/C30H56N2O6Si/c1-11-18-31(37,23-14-16-29(6,25(33)34)27(23,2)3)20-21-32(38,19-12-13-22-39(8,9)10)24-15-17-30(7,26(35)36)28(24,4)5/h13,22-24H,11-12,14-21H2,1-10H3,(H,33,34)(H,35,36)/b22-13+. The zero-order valence-corrected chi connectivity index (χ0v) is 27.3. The third-order valence-corrected chi connectivity index (χ3v) is 12.4. The van der Waals surface area contributed by atoms with Gasteiger partial charge in [0.25, 0.3) is 0 Å². The smallest absolute Gasteiger partial charge is 0.310 e. The van der Waals surface area contributed by atoms with E-state index in [9.17, 15) is 30.2 Å². The Bertz CT molecular complexity index is 946. The molecule has 9 heteroatoms. The average Bonchev–Trinajstić information content (AvgIpc) is 3.20. The molecule has 0 radical (unpaired) electrons. The van der Waals surface area contributed by atoms with Crippen molar-refractivity contribution >= 4 is 20.0 Å². The predicted octanol–water partition coefficient (Wildman–Crippen LogP) is 6.41. The van der Waals surface area contributed by atoms with E-state index in [4.69, 9.17) is 0 Å². The van der Waals surface area contributed by atoms with Crippen LogP contribution in [0.3, 0.4) is 0 Å². The minimum absolute atomic E-state index is 0.102. The SMILES string of the molecule is CCC[N+]([O-])(CC[N+]([O-])(CC/C=C/[Si](C)(C)C)C1CCC(C)(C(=O)O)C1(C)C)C1CCC(C)(C(=O)O)C1(C)C. The first-order valence-corrected chi connectivity index (χ1v) is 18.4. The normalized spacial score (nSPS) is 33.6. The Balaban J connectivity index is 2.45. The monoisotopic (exact) mass is 568 g/mol. The number of quaternary nitrogens is 2. The molecule has 0 aromatic heterocycles. The summed E-state index contributed by atoms with van der Waals surface area (Å²) < 4.78 is -1.15. The molecule has 0 aromatic carbocycles. The highest BCUT2D eigenvalue weighted by molar-refractivity contribution is 6.80. The highest BCUT2D eigenvalue weighted by Gasteiger charge is 2.63. The van der Waals surface area contributed by atoms with Gasteiger partial charge in [-0.3, -0.25) is 9.59 Å². The van der Waals surface area contributed by atoms with Crippen LogP contribution in [-0.2, 0) is 9.59 Å². The molecular weight excluding hydrogens is 512 g/mol. The zero-order chi connectivity index (χ0) is 30.3. The number of carboxylic acids is 2. The summed E-state index contributed by atoms with van der Waals surface area (Å²) in [6, 6.07) is -0.852. The van der Waals surface area contributed by atoms with Gasteiger partial charge < -0.3 is 29.9 Å². The highest BCUT2D eigenvalue weighted by Crippen LogP contribution is 2.57. The van der Waals surface area contributed by atoms with Crippen molar-refractivity contribution in [2.75, 3.05) is 26.2 Å². The van der Waals surface area contributed by atoms with Gasteiger partial charge >= 0.3 is 11.9 Å². The van der Waals surface area contributed by atoms with Crippen LogP contribution in [0.4, 0.5) is 0 Å². The quantitative estimate of drug-likeness (QED) is 0.150. The van der Waals surface area contributed by atoms with Crippen molar-refractivity contribution in [3.05, 3.63) is 22.2 Å². The zero-order valence-electron chi connectivity index (χ0n) is 26.3. The maximum Gasteiger partial charge on any atom is 0.310 e. The molecule has 0 saturated heterocycles. The van der Waals surface area contributed by atoms with Gasteiger partial charge in [0.2, 0.25) is 0 Å². The van der Waals surface area contributed by atoms with Gasteiger partial charge in [-0.15, -0.1) is 0 Å². The number of hydroxylamine groups is 6. The van der Waals surface area contributed by atoms with E-state index < -0.39 is 63.0 Å².